The van der Waals surface area contributed by atoms with E-state index < -0.39 is 17.4 Å². The lowest BCUT2D eigenvalue weighted by Crippen LogP contribution is -2.53. The minimum absolute atomic E-state index is 0.00532. The molecule has 2 amide bonds. The van der Waals surface area contributed by atoms with Gasteiger partial charge in [-0.05, 0) is 13.8 Å². The van der Waals surface area contributed by atoms with E-state index in [0.717, 1.165) is 0 Å². The highest BCUT2D eigenvalue weighted by Crippen LogP contribution is 2.17. The van der Waals surface area contributed by atoms with Crippen molar-refractivity contribution in [3.05, 3.63) is 11.6 Å². The molecule has 7 nitrogen and oxygen atoms in total. The molecule has 0 atom stereocenters. The number of nitrogens with zero attached hydrogens (tertiary/aromatic N) is 2. The Morgan fingerprint density at radius 2 is 1.78 bits per heavy atom. The quantitative estimate of drug-likeness (QED) is 0.708. The fourth-order valence-electron chi connectivity index (χ4n) is 1.10. The van der Waals surface area contributed by atoms with Crippen LogP contribution < -0.4 is 11.1 Å². The average molecular weight is 253 g/mol. The van der Waals surface area contributed by atoms with Gasteiger partial charge in [-0.1, -0.05) is 20.8 Å². The van der Waals surface area contributed by atoms with Crippen LogP contribution in [-0.4, -0.2) is 32.5 Å². The van der Waals surface area contributed by atoms with E-state index in [9.17, 15) is 9.59 Å². The molecular weight excluding hydrogens is 234 g/mol. The molecule has 0 aliphatic carbocycles. The average Bonchev–Trinajstić information content (AvgIpc) is 2.64. The van der Waals surface area contributed by atoms with Gasteiger partial charge >= 0.3 is 0 Å². The predicted molar refractivity (Wildman–Crippen MR) is 65.8 cm³/mol. The highest BCUT2D eigenvalue weighted by molar-refractivity contribution is 5.96. The van der Waals surface area contributed by atoms with E-state index in [0.29, 0.717) is 5.82 Å². The SMILES string of the molecule is CC(C)(NC(=O)c1n[nH]c(C(C)(C)C)n1)C(N)=O. The molecule has 0 saturated carbocycles. The van der Waals surface area contributed by atoms with Crippen LogP contribution in [-0.2, 0) is 10.2 Å². The molecular formula is C11H19N5O2. The van der Waals surface area contributed by atoms with Gasteiger partial charge in [0.15, 0.2) is 0 Å². The lowest BCUT2D eigenvalue weighted by molar-refractivity contribution is -0.122. The molecule has 0 saturated heterocycles. The van der Waals surface area contributed by atoms with Crippen LogP contribution in [0.25, 0.3) is 0 Å². The second kappa shape index (κ2) is 4.40. The number of amides is 2. The molecule has 0 bridgehead atoms. The number of hydrogen-bond donors (Lipinski definition) is 3. The van der Waals surface area contributed by atoms with Crippen LogP contribution in [0.15, 0.2) is 0 Å². The van der Waals surface area contributed by atoms with Crippen molar-refractivity contribution >= 4 is 11.8 Å². The molecule has 1 aromatic heterocycles. The third kappa shape index (κ3) is 3.06. The maximum Gasteiger partial charge on any atom is 0.291 e. The minimum Gasteiger partial charge on any atom is -0.368 e. The molecule has 0 aromatic carbocycles. The van der Waals surface area contributed by atoms with Gasteiger partial charge in [0.1, 0.15) is 11.4 Å². The van der Waals surface area contributed by atoms with Gasteiger partial charge in [-0.2, -0.15) is 0 Å². The van der Waals surface area contributed by atoms with Crippen molar-refractivity contribution in [2.24, 2.45) is 5.73 Å². The number of nitrogens with one attached hydrogen (secondary N) is 2. The Hall–Kier alpha value is -1.92. The first-order chi connectivity index (χ1) is 8.04. The number of carbonyl (C=O) groups is 2. The second-order valence-electron chi connectivity index (χ2n) is 5.70. The van der Waals surface area contributed by atoms with Crippen LogP contribution in [0, 0.1) is 0 Å². The zero-order valence-corrected chi connectivity index (χ0v) is 11.3. The number of carbonyl (C=O) groups excluding carboxylic acids is 2. The molecule has 7 heteroatoms. The number of nitrogens with two attached hydrogens (primary N) is 1. The summed E-state index contributed by atoms with van der Waals surface area (Å²) >= 11 is 0. The minimum atomic E-state index is -1.14. The summed E-state index contributed by atoms with van der Waals surface area (Å²) in [5.74, 6) is -0.563. The zero-order chi connectivity index (χ0) is 14.1. The van der Waals surface area contributed by atoms with Crippen LogP contribution in [0.3, 0.4) is 0 Å². The van der Waals surface area contributed by atoms with Gasteiger partial charge < -0.3 is 11.1 Å². The predicted octanol–water partition coefficient (Wildman–Crippen LogP) is 0.0959. The van der Waals surface area contributed by atoms with Crippen molar-refractivity contribution in [1.82, 2.24) is 20.5 Å². The Bertz CT molecular complexity index is 470. The van der Waals surface area contributed by atoms with Gasteiger partial charge in [0.05, 0.1) is 0 Å². The van der Waals surface area contributed by atoms with Gasteiger partial charge in [-0.3, -0.25) is 14.7 Å². The fourth-order valence-corrected chi connectivity index (χ4v) is 1.10. The van der Waals surface area contributed by atoms with Crippen LogP contribution in [0.5, 0.6) is 0 Å². The Kier molecular flexibility index (Phi) is 3.45. The van der Waals surface area contributed by atoms with Crippen molar-refractivity contribution in [3.8, 4) is 0 Å². The first kappa shape index (κ1) is 14.1. The van der Waals surface area contributed by atoms with E-state index in [1.54, 1.807) is 0 Å². The third-order valence-corrected chi connectivity index (χ3v) is 2.44. The number of primary amides is 1. The van der Waals surface area contributed by atoms with Gasteiger partial charge in [0.25, 0.3) is 5.91 Å². The molecule has 0 aliphatic rings. The van der Waals surface area contributed by atoms with E-state index in [-0.39, 0.29) is 11.2 Å². The molecule has 4 N–H and O–H groups in total. The summed E-state index contributed by atoms with van der Waals surface area (Å²) < 4.78 is 0. The highest BCUT2D eigenvalue weighted by Gasteiger charge is 2.29. The van der Waals surface area contributed by atoms with Gasteiger partial charge in [-0.25, -0.2) is 4.98 Å². The van der Waals surface area contributed by atoms with Crippen LogP contribution in [0.2, 0.25) is 0 Å². The summed E-state index contributed by atoms with van der Waals surface area (Å²) in [5.41, 5.74) is 3.80. The van der Waals surface area contributed by atoms with Gasteiger partial charge in [0, 0.05) is 5.41 Å². The number of hydrogen-bond acceptors (Lipinski definition) is 4. The zero-order valence-electron chi connectivity index (χ0n) is 11.3. The van der Waals surface area contributed by atoms with Crippen molar-refractivity contribution in [1.29, 1.82) is 0 Å². The fraction of sp³-hybridized carbons (Fsp3) is 0.636. The standard InChI is InChI=1S/C11H19N5O2/c1-10(2,3)9-13-6(15-16-9)7(17)14-11(4,5)8(12)18/h1-5H3,(H2,12,18)(H,14,17)(H,13,15,16). The van der Waals surface area contributed by atoms with E-state index in [1.807, 2.05) is 20.8 Å². The lowest BCUT2D eigenvalue weighted by atomic mass is 9.96. The summed E-state index contributed by atoms with van der Waals surface area (Å²) in [7, 11) is 0. The van der Waals surface area contributed by atoms with Gasteiger partial charge in [-0.15, -0.1) is 5.10 Å². The van der Waals surface area contributed by atoms with Crippen molar-refractivity contribution in [3.63, 3.8) is 0 Å². The van der Waals surface area contributed by atoms with Crippen LogP contribution in [0.4, 0.5) is 0 Å². The van der Waals surface area contributed by atoms with Gasteiger partial charge in [0.2, 0.25) is 11.7 Å². The van der Waals surface area contributed by atoms with Crippen molar-refractivity contribution in [2.45, 2.75) is 45.6 Å². The maximum atomic E-state index is 11.8. The normalized spacial score (nSPS) is 12.3. The summed E-state index contributed by atoms with van der Waals surface area (Å²) in [4.78, 5) is 27.0. The third-order valence-electron chi connectivity index (χ3n) is 2.44. The number of aromatic amines is 1. The molecule has 0 aliphatic heterocycles. The molecule has 100 valence electrons. The molecule has 0 unspecified atom stereocenters. The molecule has 1 heterocycles. The lowest BCUT2D eigenvalue weighted by Gasteiger charge is -2.21. The molecule has 0 spiro atoms. The molecule has 18 heavy (non-hydrogen) atoms. The van der Waals surface area contributed by atoms with E-state index in [1.165, 1.54) is 13.8 Å². The first-order valence-electron chi connectivity index (χ1n) is 5.59. The molecule has 0 radical (unpaired) electrons. The topological polar surface area (TPSA) is 114 Å². The molecule has 1 rings (SSSR count). The number of aromatic nitrogens is 3. The largest absolute Gasteiger partial charge is 0.368 e. The summed E-state index contributed by atoms with van der Waals surface area (Å²) in [6, 6.07) is 0. The Morgan fingerprint density at radius 1 is 1.22 bits per heavy atom. The summed E-state index contributed by atoms with van der Waals surface area (Å²) in [6.07, 6.45) is 0. The molecule has 1 aromatic rings. The monoisotopic (exact) mass is 253 g/mol. The van der Waals surface area contributed by atoms with Crippen molar-refractivity contribution < 1.29 is 9.59 Å². The van der Waals surface area contributed by atoms with Crippen LogP contribution in [0.1, 0.15) is 51.1 Å². The highest BCUT2D eigenvalue weighted by atomic mass is 16.2. The second-order valence-corrected chi connectivity index (χ2v) is 5.70. The number of H-pyrrole nitrogens is 1. The van der Waals surface area contributed by atoms with E-state index in [4.69, 9.17) is 5.73 Å². The van der Waals surface area contributed by atoms with Crippen molar-refractivity contribution in [2.75, 3.05) is 0 Å². The smallest absolute Gasteiger partial charge is 0.291 e. The maximum absolute atomic E-state index is 11.8. The Labute approximate surface area is 106 Å². The summed E-state index contributed by atoms with van der Waals surface area (Å²) in [5, 5.41) is 9.01. The van der Waals surface area contributed by atoms with E-state index >= 15 is 0 Å². The summed E-state index contributed by atoms with van der Waals surface area (Å²) in [6.45, 7) is 8.88. The Balaban J connectivity index is 2.87. The Morgan fingerprint density at radius 3 is 2.17 bits per heavy atom. The van der Waals surface area contributed by atoms with Crippen LogP contribution >= 0.6 is 0 Å². The molecule has 0 fully saturated rings. The number of rotatable bonds is 3. The van der Waals surface area contributed by atoms with E-state index in [2.05, 4.69) is 20.5 Å². The first-order valence-corrected chi connectivity index (χ1v) is 5.59.